The van der Waals surface area contributed by atoms with Crippen molar-refractivity contribution in [1.82, 2.24) is 9.88 Å². The molecule has 150 valence electrons. The number of likely N-dealkylation sites (N-methyl/N-ethyl adjacent to an activating group) is 1. The van der Waals surface area contributed by atoms with Crippen LogP contribution in [0.4, 0.5) is 0 Å². The molecule has 1 amide bonds. The fourth-order valence-corrected chi connectivity index (χ4v) is 3.19. The van der Waals surface area contributed by atoms with Gasteiger partial charge in [0.2, 0.25) is 6.10 Å². The summed E-state index contributed by atoms with van der Waals surface area (Å²) in [6.07, 6.45) is 0.499. The lowest BCUT2D eigenvalue weighted by Crippen LogP contribution is -2.31. The van der Waals surface area contributed by atoms with E-state index >= 15 is 0 Å². The number of benzene rings is 2. The number of nitrogens with zero attached hydrogens (tertiary/aromatic N) is 2. The van der Waals surface area contributed by atoms with E-state index in [4.69, 9.17) is 9.15 Å². The van der Waals surface area contributed by atoms with Crippen LogP contribution in [0.2, 0.25) is 0 Å². The monoisotopic (exact) mass is 400 g/mol. The minimum Gasteiger partial charge on any atom is -0.463 e. The van der Waals surface area contributed by atoms with E-state index in [1.807, 2.05) is 24.3 Å². The number of carbonyl (C=O) groups excluding carboxylic acids is 2. The molecular formula is C24H20N2O4. The third-order valence-electron chi connectivity index (χ3n) is 4.70. The number of carbonyl (C=O) groups is 2. The van der Waals surface area contributed by atoms with E-state index in [0.29, 0.717) is 33.5 Å². The molecule has 0 aliphatic rings. The van der Waals surface area contributed by atoms with E-state index in [-0.39, 0.29) is 5.91 Å². The van der Waals surface area contributed by atoms with Crippen LogP contribution in [0.25, 0.3) is 22.4 Å². The second-order valence-corrected chi connectivity index (χ2v) is 6.98. The number of hydrogen-bond acceptors (Lipinski definition) is 5. The number of pyridine rings is 1. The molecule has 2 aromatic heterocycles. The highest BCUT2D eigenvalue weighted by molar-refractivity contribution is 6.05. The van der Waals surface area contributed by atoms with Gasteiger partial charge in [-0.2, -0.15) is 0 Å². The van der Waals surface area contributed by atoms with Crippen LogP contribution in [0.3, 0.4) is 0 Å². The van der Waals surface area contributed by atoms with E-state index in [1.165, 1.54) is 4.90 Å². The van der Waals surface area contributed by atoms with Gasteiger partial charge in [0.15, 0.2) is 5.76 Å². The van der Waals surface area contributed by atoms with Crippen molar-refractivity contribution in [2.24, 2.45) is 0 Å². The Morgan fingerprint density at radius 3 is 2.40 bits per heavy atom. The highest BCUT2D eigenvalue weighted by atomic mass is 16.5. The molecule has 30 heavy (non-hydrogen) atoms. The largest absolute Gasteiger partial charge is 0.463 e. The van der Waals surface area contributed by atoms with Crippen molar-refractivity contribution in [2.45, 2.75) is 6.10 Å². The summed E-state index contributed by atoms with van der Waals surface area (Å²) in [4.78, 5) is 32.0. The zero-order chi connectivity index (χ0) is 21.1. The second kappa shape index (κ2) is 8.21. The molecule has 0 spiro atoms. The van der Waals surface area contributed by atoms with Gasteiger partial charge in [0.25, 0.3) is 5.91 Å². The summed E-state index contributed by atoms with van der Waals surface area (Å²) in [5, 5.41) is 0.641. The third kappa shape index (κ3) is 3.80. The molecule has 1 atom stereocenters. The molecule has 0 aliphatic carbocycles. The number of fused-ring (bicyclic) bond motifs is 1. The van der Waals surface area contributed by atoms with E-state index in [0.717, 1.165) is 0 Å². The summed E-state index contributed by atoms with van der Waals surface area (Å²) in [6.45, 7) is 0. The maximum Gasteiger partial charge on any atom is 0.340 e. The zero-order valence-electron chi connectivity index (χ0n) is 16.6. The van der Waals surface area contributed by atoms with E-state index in [1.54, 1.807) is 68.9 Å². The summed E-state index contributed by atoms with van der Waals surface area (Å²) in [7, 11) is 3.26. The molecular weight excluding hydrogens is 380 g/mol. The Morgan fingerprint density at radius 1 is 0.967 bits per heavy atom. The number of amides is 1. The van der Waals surface area contributed by atoms with Crippen molar-refractivity contribution in [2.75, 3.05) is 14.1 Å². The normalized spacial score (nSPS) is 11.8. The lowest BCUT2D eigenvalue weighted by atomic mass is 10.1. The Morgan fingerprint density at radius 2 is 1.70 bits per heavy atom. The van der Waals surface area contributed by atoms with Gasteiger partial charge < -0.3 is 14.1 Å². The zero-order valence-corrected chi connectivity index (χ0v) is 16.6. The van der Waals surface area contributed by atoms with Gasteiger partial charge in [-0.25, -0.2) is 9.78 Å². The SMILES string of the molecule is CN(C)C(=O)[C@@H](OC(=O)c1cc(-c2ccco2)nc2ccccc12)c1ccccc1. The van der Waals surface area contributed by atoms with Gasteiger partial charge >= 0.3 is 5.97 Å². The van der Waals surface area contributed by atoms with Crippen molar-refractivity contribution in [3.05, 3.63) is 90.2 Å². The minimum atomic E-state index is -1.05. The van der Waals surface area contributed by atoms with Gasteiger partial charge in [-0.3, -0.25) is 4.79 Å². The average molecular weight is 400 g/mol. The summed E-state index contributed by atoms with van der Waals surface area (Å²) in [5.41, 5.74) is 2.07. The van der Waals surface area contributed by atoms with Crippen LogP contribution in [0, 0.1) is 0 Å². The highest BCUT2D eigenvalue weighted by Crippen LogP contribution is 2.28. The molecule has 6 nitrogen and oxygen atoms in total. The van der Waals surface area contributed by atoms with Gasteiger partial charge in [0, 0.05) is 25.0 Å². The molecule has 0 saturated heterocycles. The molecule has 0 aliphatic heterocycles. The Kier molecular flexibility index (Phi) is 5.30. The Labute approximate surface area is 173 Å². The van der Waals surface area contributed by atoms with Gasteiger partial charge in [0.1, 0.15) is 5.69 Å². The summed E-state index contributed by atoms with van der Waals surface area (Å²) < 4.78 is 11.2. The third-order valence-corrected chi connectivity index (χ3v) is 4.70. The Hall–Kier alpha value is -3.93. The van der Waals surface area contributed by atoms with Crippen LogP contribution in [-0.4, -0.2) is 35.9 Å². The van der Waals surface area contributed by atoms with Crippen LogP contribution in [-0.2, 0) is 9.53 Å². The number of ether oxygens (including phenoxy) is 1. The first-order valence-electron chi connectivity index (χ1n) is 9.45. The second-order valence-electron chi connectivity index (χ2n) is 6.98. The lowest BCUT2D eigenvalue weighted by Gasteiger charge is -2.21. The molecule has 4 aromatic rings. The van der Waals surface area contributed by atoms with Crippen LogP contribution in [0.5, 0.6) is 0 Å². The molecule has 0 unspecified atom stereocenters. The minimum absolute atomic E-state index is 0.319. The smallest absolute Gasteiger partial charge is 0.340 e. The standard InChI is InChI=1S/C24H20N2O4/c1-26(2)23(27)22(16-9-4-3-5-10-16)30-24(28)18-15-20(21-13-8-14-29-21)25-19-12-7-6-11-17(18)19/h3-15,22H,1-2H3/t22-/m0/s1. The van der Waals surface area contributed by atoms with Crippen LogP contribution in [0.15, 0.2) is 83.5 Å². The van der Waals surface area contributed by atoms with E-state index in [9.17, 15) is 9.59 Å². The Balaban J connectivity index is 1.77. The molecule has 6 heteroatoms. The summed E-state index contributed by atoms with van der Waals surface area (Å²) in [6, 6.07) is 21.4. The lowest BCUT2D eigenvalue weighted by molar-refractivity contribution is -0.138. The van der Waals surface area contributed by atoms with Crippen molar-refractivity contribution >= 4 is 22.8 Å². The first kappa shape index (κ1) is 19.4. The fourth-order valence-electron chi connectivity index (χ4n) is 3.19. The maximum absolute atomic E-state index is 13.2. The van der Waals surface area contributed by atoms with Crippen molar-refractivity contribution in [3.63, 3.8) is 0 Å². The number of aromatic nitrogens is 1. The number of rotatable bonds is 5. The molecule has 0 saturated carbocycles. The first-order chi connectivity index (χ1) is 14.5. The molecule has 0 N–H and O–H groups in total. The van der Waals surface area contributed by atoms with Crippen molar-refractivity contribution in [1.29, 1.82) is 0 Å². The van der Waals surface area contributed by atoms with Gasteiger partial charge in [-0.1, -0.05) is 48.5 Å². The number of hydrogen-bond donors (Lipinski definition) is 0. The quantitative estimate of drug-likeness (QED) is 0.462. The van der Waals surface area contributed by atoms with Gasteiger partial charge in [0.05, 0.1) is 17.3 Å². The first-order valence-corrected chi connectivity index (χ1v) is 9.45. The van der Waals surface area contributed by atoms with E-state index in [2.05, 4.69) is 4.98 Å². The predicted molar refractivity (Wildman–Crippen MR) is 113 cm³/mol. The average Bonchev–Trinajstić information content (AvgIpc) is 3.31. The van der Waals surface area contributed by atoms with Crippen molar-refractivity contribution in [3.8, 4) is 11.5 Å². The predicted octanol–water partition coefficient (Wildman–Crippen LogP) is 4.48. The molecule has 4 rings (SSSR count). The molecule has 0 fully saturated rings. The molecule has 2 heterocycles. The van der Waals surface area contributed by atoms with Gasteiger partial charge in [-0.15, -0.1) is 0 Å². The number of esters is 1. The van der Waals surface area contributed by atoms with Crippen LogP contribution < -0.4 is 0 Å². The Bertz CT molecular complexity index is 1180. The maximum atomic E-state index is 13.2. The highest BCUT2D eigenvalue weighted by Gasteiger charge is 2.28. The molecule has 0 bridgehead atoms. The molecule has 0 radical (unpaired) electrons. The van der Waals surface area contributed by atoms with E-state index < -0.39 is 12.1 Å². The van der Waals surface area contributed by atoms with Gasteiger partial charge in [-0.05, 0) is 24.3 Å². The topological polar surface area (TPSA) is 72.6 Å². The summed E-state index contributed by atoms with van der Waals surface area (Å²) >= 11 is 0. The van der Waals surface area contributed by atoms with Crippen molar-refractivity contribution < 1.29 is 18.7 Å². The molecule has 2 aromatic carbocycles. The number of para-hydroxylation sites is 1. The number of furan rings is 1. The fraction of sp³-hybridized carbons (Fsp3) is 0.125. The van der Waals surface area contributed by atoms with Crippen LogP contribution in [0.1, 0.15) is 22.0 Å². The summed E-state index contributed by atoms with van der Waals surface area (Å²) in [5.74, 6) is -0.386. The van der Waals surface area contributed by atoms with Crippen LogP contribution >= 0.6 is 0 Å².